The van der Waals surface area contributed by atoms with Gasteiger partial charge in [-0.05, 0) is 60.2 Å². The van der Waals surface area contributed by atoms with Gasteiger partial charge < -0.3 is 9.47 Å². The van der Waals surface area contributed by atoms with Crippen LogP contribution in [0.25, 0.3) is 0 Å². The summed E-state index contributed by atoms with van der Waals surface area (Å²) >= 11 is 0. The standard InChI is InChI=1S/C22H21N3O5S/c1-29-19-11-9-18(10-12-19)25-31(27,28)21-8-4-6-17(14-21)22(26)24-23-15-16-5-3-7-20(13-16)30-2/h3-15,25H,1-2H3,(H,24,26)/b23-15+. The fourth-order valence-electron chi connectivity index (χ4n) is 2.63. The third kappa shape index (κ3) is 5.83. The van der Waals surface area contributed by atoms with Crippen molar-refractivity contribution < 1.29 is 22.7 Å². The third-order valence-electron chi connectivity index (χ3n) is 4.22. The maximum absolute atomic E-state index is 12.7. The summed E-state index contributed by atoms with van der Waals surface area (Å²) in [6.07, 6.45) is 1.46. The van der Waals surface area contributed by atoms with Gasteiger partial charge in [0.25, 0.3) is 15.9 Å². The Morgan fingerprint density at radius 3 is 2.32 bits per heavy atom. The Kier molecular flexibility index (Phi) is 6.88. The highest BCUT2D eigenvalue weighted by atomic mass is 32.2. The van der Waals surface area contributed by atoms with E-state index in [9.17, 15) is 13.2 Å². The maximum atomic E-state index is 12.7. The van der Waals surface area contributed by atoms with Gasteiger partial charge in [-0.15, -0.1) is 0 Å². The van der Waals surface area contributed by atoms with Gasteiger partial charge in [0.15, 0.2) is 0 Å². The van der Waals surface area contributed by atoms with Crippen molar-refractivity contribution in [1.29, 1.82) is 0 Å². The molecule has 31 heavy (non-hydrogen) atoms. The molecule has 3 rings (SSSR count). The molecule has 9 heteroatoms. The van der Waals surface area contributed by atoms with Gasteiger partial charge in [-0.2, -0.15) is 5.10 Å². The quantitative estimate of drug-likeness (QED) is 0.414. The zero-order chi connectivity index (χ0) is 22.3. The Hall–Kier alpha value is -3.85. The van der Waals surface area contributed by atoms with E-state index in [1.165, 1.54) is 37.6 Å². The monoisotopic (exact) mass is 439 g/mol. The van der Waals surface area contributed by atoms with Crippen molar-refractivity contribution in [2.24, 2.45) is 5.10 Å². The largest absolute Gasteiger partial charge is 0.497 e. The maximum Gasteiger partial charge on any atom is 0.271 e. The summed E-state index contributed by atoms with van der Waals surface area (Å²) in [5, 5.41) is 3.91. The summed E-state index contributed by atoms with van der Waals surface area (Å²) in [6, 6.07) is 19.3. The van der Waals surface area contributed by atoms with E-state index in [1.807, 2.05) is 0 Å². The van der Waals surface area contributed by atoms with Gasteiger partial charge in [-0.25, -0.2) is 13.8 Å². The SMILES string of the molecule is COc1ccc(NS(=O)(=O)c2cccc(C(=O)N/N=C/c3cccc(OC)c3)c2)cc1. The Morgan fingerprint density at radius 2 is 1.61 bits per heavy atom. The number of hydrogen-bond donors (Lipinski definition) is 2. The molecule has 3 aromatic carbocycles. The van der Waals surface area contributed by atoms with Crippen molar-refractivity contribution in [2.75, 3.05) is 18.9 Å². The molecular weight excluding hydrogens is 418 g/mol. The second kappa shape index (κ2) is 9.77. The minimum absolute atomic E-state index is 0.0484. The van der Waals surface area contributed by atoms with Crippen LogP contribution in [0.2, 0.25) is 0 Å². The number of hydrogen-bond acceptors (Lipinski definition) is 6. The molecule has 8 nitrogen and oxygen atoms in total. The second-order valence-corrected chi connectivity index (χ2v) is 8.02. The highest BCUT2D eigenvalue weighted by Crippen LogP contribution is 2.20. The summed E-state index contributed by atoms with van der Waals surface area (Å²) < 4.78 is 38.0. The number of nitrogens with one attached hydrogen (secondary N) is 2. The smallest absolute Gasteiger partial charge is 0.271 e. The minimum Gasteiger partial charge on any atom is -0.497 e. The number of amides is 1. The summed E-state index contributed by atoms with van der Waals surface area (Å²) in [4.78, 5) is 12.3. The molecule has 3 aromatic rings. The van der Waals surface area contributed by atoms with E-state index in [-0.39, 0.29) is 10.5 Å². The summed E-state index contributed by atoms with van der Waals surface area (Å²) in [5.74, 6) is 0.731. The van der Waals surface area contributed by atoms with E-state index in [4.69, 9.17) is 9.47 Å². The van der Waals surface area contributed by atoms with E-state index in [0.717, 1.165) is 5.56 Å². The number of ether oxygens (including phenoxy) is 2. The van der Waals surface area contributed by atoms with E-state index in [1.54, 1.807) is 55.6 Å². The molecule has 0 saturated carbocycles. The molecule has 160 valence electrons. The first-order chi connectivity index (χ1) is 14.9. The zero-order valence-corrected chi connectivity index (χ0v) is 17.7. The lowest BCUT2D eigenvalue weighted by atomic mass is 10.2. The van der Waals surface area contributed by atoms with Gasteiger partial charge in [0.05, 0.1) is 25.3 Å². The number of hydrazone groups is 1. The molecule has 1 amide bonds. The van der Waals surface area contributed by atoms with Crippen LogP contribution in [0.1, 0.15) is 15.9 Å². The minimum atomic E-state index is -3.88. The highest BCUT2D eigenvalue weighted by molar-refractivity contribution is 7.92. The second-order valence-electron chi connectivity index (χ2n) is 6.34. The van der Waals surface area contributed by atoms with E-state index < -0.39 is 15.9 Å². The fraction of sp³-hybridized carbons (Fsp3) is 0.0909. The molecule has 0 aromatic heterocycles. The Labute approximate surface area is 180 Å². The van der Waals surface area contributed by atoms with Gasteiger partial charge in [0.1, 0.15) is 11.5 Å². The zero-order valence-electron chi connectivity index (χ0n) is 16.9. The van der Waals surface area contributed by atoms with Crippen LogP contribution in [0.15, 0.2) is 82.8 Å². The number of carbonyl (C=O) groups is 1. The first-order valence-corrected chi connectivity index (χ1v) is 10.6. The van der Waals surface area contributed by atoms with Gasteiger partial charge in [0.2, 0.25) is 0 Å². The van der Waals surface area contributed by atoms with Crippen LogP contribution in [0.4, 0.5) is 5.69 Å². The predicted molar refractivity (Wildman–Crippen MR) is 118 cm³/mol. The Morgan fingerprint density at radius 1 is 0.903 bits per heavy atom. The van der Waals surface area contributed by atoms with E-state index in [2.05, 4.69) is 15.2 Å². The van der Waals surface area contributed by atoms with Crippen molar-refractivity contribution in [3.05, 3.63) is 83.9 Å². The molecule has 0 unspecified atom stereocenters. The fourth-order valence-corrected chi connectivity index (χ4v) is 3.73. The van der Waals surface area contributed by atoms with E-state index in [0.29, 0.717) is 17.2 Å². The predicted octanol–water partition coefficient (Wildman–Crippen LogP) is 3.27. The number of methoxy groups -OCH3 is 2. The Bertz CT molecular complexity index is 1190. The summed E-state index contributed by atoms with van der Waals surface area (Å²) in [7, 11) is -0.801. The molecule has 0 atom stereocenters. The van der Waals surface area contributed by atoms with E-state index >= 15 is 0 Å². The van der Waals surface area contributed by atoms with Crippen molar-refractivity contribution in [2.45, 2.75) is 4.90 Å². The van der Waals surface area contributed by atoms with Crippen LogP contribution < -0.4 is 19.6 Å². The van der Waals surface area contributed by atoms with Crippen molar-refractivity contribution in [1.82, 2.24) is 5.43 Å². The lowest BCUT2D eigenvalue weighted by molar-refractivity contribution is 0.0955. The average molecular weight is 439 g/mol. The molecule has 2 N–H and O–H groups in total. The summed E-state index contributed by atoms with van der Waals surface area (Å²) in [6.45, 7) is 0. The highest BCUT2D eigenvalue weighted by Gasteiger charge is 2.16. The molecule has 0 aliphatic rings. The van der Waals surface area contributed by atoms with Gasteiger partial charge in [0, 0.05) is 11.3 Å². The van der Waals surface area contributed by atoms with Crippen molar-refractivity contribution in [3.63, 3.8) is 0 Å². The number of sulfonamides is 1. The number of rotatable bonds is 8. The van der Waals surface area contributed by atoms with Gasteiger partial charge in [-0.3, -0.25) is 9.52 Å². The first kappa shape index (κ1) is 21.8. The van der Waals surface area contributed by atoms with Crippen LogP contribution in [-0.2, 0) is 10.0 Å². The average Bonchev–Trinajstić information content (AvgIpc) is 2.79. The molecule has 0 saturated heterocycles. The number of nitrogens with zero attached hydrogens (tertiary/aromatic N) is 1. The normalized spacial score (nSPS) is 11.2. The van der Waals surface area contributed by atoms with Crippen LogP contribution in [0.5, 0.6) is 11.5 Å². The molecule has 0 aliphatic heterocycles. The van der Waals surface area contributed by atoms with Crippen molar-refractivity contribution in [3.8, 4) is 11.5 Å². The van der Waals surface area contributed by atoms with Gasteiger partial charge in [-0.1, -0.05) is 18.2 Å². The first-order valence-electron chi connectivity index (χ1n) is 9.16. The molecule has 0 heterocycles. The van der Waals surface area contributed by atoms with Crippen LogP contribution >= 0.6 is 0 Å². The number of carbonyl (C=O) groups excluding carboxylic acids is 1. The van der Waals surface area contributed by atoms with Crippen LogP contribution in [-0.4, -0.2) is 34.8 Å². The summed E-state index contributed by atoms with van der Waals surface area (Å²) in [5.41, 5.74) is 3.65. The topological polar surface area (TPSA) is 106 Å². The molecule has 0 fully saturated rings. The lowest BCUT2D eigenvalue weighted by Crippen LogP contribution is -2.19. The number of benzene rings is 3. The van der Waals surface area contributed by atoms with Crippen molar-refractivity contribution >= 4 is 27.8 Å². The molecule has 0 radical (unpaired) electrons. The third-order valence-corrected chi connectivity index (χ3v) is 5.60. The Balaban J connectivity index is 1.70. The van der Waals surface area contributed by atoms with Crippen LogP contribution in [0.3, 0.4) is 0 Å². The molecule has 0 bridgehead atoms. The van der Waals surface area contributed by atoms with Gasteiger partial charge >= 0.3 is 0 Å². The molecule has 0 aliphatic carbocycles. The molecular formula is C22H21N3O5S. The lowest BCUT2D eigenvalue weighted by Gasteiger charge is -2.10. The van der Waals surface area contributed by atoms with Crippen LogP contribution in [0, 0.1) is 0 Å². The molecule has 0 spiro atoms. The number of anilines is 1.